The maximum Gasteiger partial charge on any atom is 0.407 e. The molecular formula is C21H23NO5. The van der Waals surface area contributed by atoms with Gasteiger partial charge in [0.25, 0.3) is 0 Å². The Hall–Kier alpha value is -2.86. The molecule has 1 amide bonds. The molecule has 0 aromatic heterocycles. The molecule has 0 saturated carbocycles. The van der Waals surface area contributed by atoms with Gasteiger partial charge >= 0.3 is 12.1 Å². The normalized spacial score (nSPS) is 15.0. The van der Waals surface area contributed by atoms with Crippen molar-refractivity contribution in [3.8, 4) is 11.1 Å². The Balaban J connectivity index is 1.71. The van der Waals surface area contributed by atoms with E-state index in [9.17, 15) is 14.7 Å². The van der Waals surface area contributed by atoms with Crippen molar-refractivity contribution in [1.29, 1.82) is 0 Å². The second-order valence-electron chi connectivity index (χ2n) is 7.02. The van der Waals surface area contributed by atoms with Gasteiger partial charge in [0, 0.05) is 5.92 Å². The molecule has 0 spiro atoms. The summed E-state index contributed by atoms with van der Waals surface area (Å²) in [6, 6.07) is 15.1. The Bertz CT molecular complexity index is 802. The van der Waals surface area contributed by atoms with Crippen LogP contribution in [-0.2, 0) is 9.53 Å². The lowest BCUT2D eigenvalue weighted by Crippen LogP contribution is -2.50. The number of hydrogen-bond donors (Lipinski definition) is 3. The molecule has 27 heavy (non-hydrogen) atoms. The van der Waals surface area contributed by atoms with Crippen LogP contribution >= 0.6 is 0 Å². The van der Waals surface area contributed by atoms with E-state index in [2.05, 4.69) is 5.32 Å². The van der Waals surface area contributed by atoms with E-state index in [4.69, 9.17) is 9.84 Å². The van der Waals surface area contributed by atoms with Gasteiger partial charge in [-0.1, -0.05) is 62.4 Å². The van der Waals surface area contributed by atoms with E-state index in [-0.39, 0.29) is 18.4 Å². The number of carboxylic acids is 1. The molecule has 1 aliphatic carbocycles. The van der Waals surface area contributed by atoms with Crippen LogP contribution in [0.15, 0.2) is 48.5 Å². The van der Waals surface area contributed by atoms with E-state index in [0.717, 1.165) is 22.3 Å². The standard InChI is InChI=1S/C21H23NO5/c1-12(2)18(19(23)20(24)25)22-21(26)27-11-17-15-9-5-3-7-13(15)14-8-4-6-10-16(14)17/h3-10,12,17-19,23H,11H2,1-2H3,(H,22,26)(H,24,25)/t18-,19?/m1/s1. The maximum absolute atomic E-state index is 12.2. The van der Waals surface area contributed by atoms with Gasteiger partial charge in [0.05, 0.1) is 6.04 Å². The van der Waals surface area contributed by atoms with Gasteiger partial charge < -0.3 is 20.3 Å². The number of alkyl carbamates (subject to hydrolysis) is 1. The molecule has 0 fully saturated rings. The van der Waals surface area contributed by atoms with Crippen LogP contribution in [-0.4, -0.2) is 41.0 Å². The van der Waals surface area contributed by atoms with Gasteiger partial charge in [0.1, 0.15) is 6.61 Å². The van der Waals surface area contributed by atoms with Crippen LogP contribution < -0.4 is 5.32 Å². The summed E-state index contributed by atoms with van der Waals surface area (Å²) >= 11 is 0. The largest absolute Gasteiger partial charge is 0.479 e. The molecular weight excluding hydrogens is 346 g/mol. The highest BCUT2D eigenvalue weighted by Crippen LogP contribution is 2.44. The molecule has 1 aliphatic rings. The molecule has 6 nitrogen and oxygen atoms in total. The van der Waals surface area contributed by atoms with Gasteiger partial charge in [-0.05, 0) is 28.2 Å². The monoisotopic (exact) mass is 369 g/mol. The summed E-state index contributed by atoms with van der Waals surface area (Å²) in [5.41, 5.74) is 4.45. The number of carbonyl (C=O) groups excluding carboxylic acids is 1. The molecule has 0 saturated heterocycles. The minimum atomic E-state index is -1.69. The SMILES string of the molecule is CC(C)[C@@H](NC(=O)OCC1c2ccccc2-c2ccccc21)C(O)C(=O)O. The van der Waals surface area contributed by atoms with E-state index in [1.807, 2.05) is 48.5 Å². The minimum Gasteiger partial charge on any atom is -0.479 e. The van der Waals surface area contributed by atoms with Gasteiger partial charge in [-0.2, -0.15) is 0 Å². The smallest absolute Gasteiger partial charge is 0.407 e. The van der Waals surface area contributed by atoms with Crippen LogP contribution in [0.3, 0.4) is 0 Å². The minimum absolute atomic E-state index is 0.0787. The molecule has 2 atom stereocenters. The average Bonchev–Trinajstić information content (AvgIpc) is 2.97. The molecule has 0 radical (unpaired) electrons. The number of carboxylic acid groups (broad SMARTS) is 1. The van der Waals surface area contributed by atoms with Crippen molar-refractivity contribution in [3.63, 3.8) is 0 Å². The zero-order chi connectivity index (χ0) is 19.6. The van der Waals surface area contributed by atoms with E-state index in [0.29, 0.717) is 0 Å². The molecule has 2 aromatic carbocycles. The van der Waals surface area contributed by atoms with Crippen LogP contribution in [0.25, 0.3) is 11.1 Å². The fourth-order valence-electron chi connectivity index (χ4n) is 3.54. The lowest BCUT2D eigenvalue weighted by Gasteiger charge is -2.25. The highest BCUT2D eigenvalue weighted by molar-refractivity contribution is 5.79. The zero-order valence-corrected chi connectivity index (χ0v) is 15.3. The predicted octanol–water partition coefficient (Wildman–Crippen LogP) is 3.00. The maximum atomic E-state index is 12.2. The van der Waals surface area contributed by atoms with Gasteiger partial charge in [0.2, 0.25) is 0 Å². The van der Waals surface area contributed by atoms with Crippen molar-refractivity contribution >= 4 is 12.1 Å². The van der Waals surface area contributed by atoms with Crippen molar-refractivity contribution < 1.29 is 24.5 Å². The molecule has 1 unspecified atom stereocenters. The Labute approximate surface area is 157 Å². The number of benzene rings is 2. The highest BCUT2D eigenvalue weighted by atomic mass is 16.5. The van der Waals surface area contributed by atoms with Crippen LogP contribution in [0.1, 0.15) is 30.9 Å². The number of hydrogen-bond acceptors (Lipinski definition) is 4. The first-order valence-corrected chi connectivity index (χ1v) is 8.92. The zero-order valence-electron chi connectivity index (χ0n) is 15.3. The Morgan fingerprint density at radius 3 is 2.04 bits per heavy atom. The number of ether oxygens (including phenoxy) is 1. The van der Waals surface area contributed by atoms with E-state index < -0.39 is 24.2 Å². The molecule has 0 heterocycles. The van der Waals surface area contributed by atoms with Crippen molar-refractivity contribution in [1.82, 2.24) is 5.32 Å². The van der Waals surface area contributed by atoms with Crippen LogP contribution in [0.2, 0.25) is 0 Å². The first-order chi connectivity index (χ1) is 12.9. The lowest BCUT2D eigenvalue weighted by atomic mass is 9.98. The Morgan fingerprint density at radius 2 is 1.56 bits per heavy atom. The topological polar surface area (TPSA) is 95.9 Å². The number of aliphatic hydroxyl groups excluding tert-OH is 1. The van der Waals surface area contributed by atoms with Crippen molar-refractivity contribution in [3.05, 3.63) is 59.7 Å². The van der Waals surface area contributed by atoms with Crippen molar-refractivity contribution in [2.75, 3.05) is 6.61 Å². The Morgan fingerprint density at radius 1 is 1.04 bits per heavy atom. The van der Waals surface area contributed by atoms with Gasteiger partial charge in [0.15, 0.2) is 6.10 Å². The molecule has 0 aliphatic heterocycles. The third kappa shape index (κ3) is 3.80. The lowest BCUT2D eigenvalue weighted by molar-refractivity contribution is -0.148. The summed E-state index contributed by atoms with van der Waals surface area (Å²) < 4.78 is 5.40. The number of amides is 1. The number of aliphatic carboxylic acids is 1. The van der Waals surface area contributed by atoms with Crippen molar-refractivity contribution in [2.24, 2.45) is 5.92 Å². The average molecular weight is 369 g/mol. The highest BCUT2D eigenvalue weighted by Gasteiger charge is 2.32. The second kappa shape index (κ2) is 7.80. The fourth-order valence-corrected chi connectivity index (χ4v) is 3.54. The van der Waals surface area contributed by atoms with Crippen LogP contribution in [0.5, 0.6) is 0 Å². The number of fused-ring (bicyclic) bond motifs is 3. The summed E-state index contributed by atoms with van der Waals surface area (Å²) in [7, 11) is 0. The summed E-state index contributed by atoms with van der Waals surface area (Å²) in [6.45, 7) is 3.58. The van der Waals surface area contributed by atoms with E-state index in [1.165, 1.54) is 0 Å². The van der Waals surface area contributed by atoms with Crippen molar-refractivity contribution in [2.45, 2.75) is 31.9 Å². The van der Waals surface area contributed by atoms with E-state index >= 15 is 0 Å². The molecule has 0 bridgehead atoms. The fraction of sp³-hybridized carbons (Fsp3) is 0.333. The Kier molecular flexibility index (Phi) is 5.46. The molecule has 6 heteroatoms. The van der Waals surface area contributed by atoms with Crippen LogP contribution in [0.4, 0.5) is 4.79 Å². The molecule has 3 N–H and O–H groups in total. The predicted molar refractivity (Wildman–Crippen MR) is 100 cm³/mol. The van der Waals surface area contributed by atoms with E-state index in [1.54, 1.807) is 13.8 Å². The van der Waals surface area contributed by atoms with Gasteiger partial charge in [-0.25, -0.2) is 9.59 Å². The number of rotatable bonds is 6. The quantitative estimate of drug-likeness (QED) is 0.727. The molecule has 2 aromatic rings. The number of carbonyl (C=O) groups is 2. The first kappa shape index (κ1) is 18.9. The molecule has 142 valence electrons. The first-order valence-electron chi connectivity index (χ1n) is 8.92. The summed E-state index contributed by atoms with van der Waals surface area (Å²) in [5.74, 6) is -1.73. The number of nitrogens with one attached hydrogen (secondary N) is 1. The summed E-state index contributed by atoms with van der Waals surface area (Å²) in [4.78, 5) is 23.3. The van der Waals surface area contributed by atoms with Gasteiger partial charge in [-0.15, -0.1) is 0 Å². The summed E-state index contributed by atoms with van der Waals surface area (Å²) in [5, 5.41) is 21.2. The third-order valence-electron chi connectivity index (χ3n) is 4.94. The molecule has 3 rings (SSSR count). The summed E-state index contributed by atoms with van der Waals surface area (Å²) in [6.07, 6.45) is -2.43. The second-order valence-corrected chi connectivity index (χ2v) is 7.02. The van der Waals surface area contributed by atoms with Crippen LogP contribution in [0, 0.1) is 5.92 Å². The van der Waals surface area contributed by atoms with Gasteiger partial charge in [-0.3, -0.25) is 0 Å². The number of aliphatic hydroxyl groups is 1. The third-order valence-corrected chi connectivity index (χ3v) is 4.94.